The molecule has 1 atom stereocenters. The molecule has 1 aromatic rings. The largest absolute Gasteiger partial charge is 0.383 e. The highest BCUT2D eigenvalue weighted by atomic mass is 35.5. The highest BCUT2D eigenvalue weighted by Gasteiger charge is 2.22. The van der Waals surface area contributed by atoms with Crippen LogP contribution in [0.5, 0.6) is 0 Å². The average molecular weight is 331 g/mol. The van der Waals surface area contributed by atoms with Crippen LogP contribution in [0.2, 0.25) is 0 Å². The molecule has 6 nitrogen and oxygen atoms in total. The number of nitrogens with zero attached hydrogens (tertiary/aromatic N) is 2. The van der Waals surface area contributed by atoms with Crippen LogP contribution in [0.4, 0.5) is 5.82 Å². The van der Waals surface area contributed by atoms with Crippen molar-refractivity contribution in [2.75, 3.05) is 32.1 Å². The Morgan fingerprint density at radius 1 is 1.55 bits per heavy atom. The molecule has 1 aliphatic rings. The van der Waals surface area contributed by atoms with Gasteiger partial charge >= 0.3 is 0 Å². The van der Waals surface area contributed by atoms with Gasteiger partial charge in [-0.05, 0) is 37.8 Å². The standard InChI is InChI=1S/C15H26N4O2.ClH/c1-12(13-3-6-16-7-4-13)11-15(20)17-14-5-8-19(18-14)9-10-21-2;/h5,8,12-13,16H,3-4,6-7,9-11H2,1-2H3,(H,17,18,20);1H. The van der Waals surface area contributed by atoms with E-state index in [9.17, 15) is 4.79 Å². The summed E-state index contributed by atoms with van der Waals surface area (Å²) in [5.41, 5.74) is 0. The van der Waals surface area contributed by atoms with Gasteiger partial charge in [0, 0.05) is 25.8 Å². The van der Waals surface area contributed by atoms with Crippen molar-refractivity contribution in [2.24, 2.45) is 11.8 Å². The lowest BCUT2D eigenvalue weighted by Crippen LogP contribution is -2.32. The molecule has 22 heavy (non-hydrogen) atoms. The minimum atomic E-state index is 0. The fraction of sp³-hybridized carbons (Fsp3) is 0.733. The molecule has 1 fully saturated rings. The maximum Gasteiger partial charge on any atom is 0.225 e. The maximum absolute atomic E-state index is 12.1. The van der Waals surface area contributed by atoms with Gasteiger partial charge in [-0.3, -0.25) is 9.48 Å². The zero-order valence-electron chi connectivity index (χ0n) is 13.4. The molecule has 0 aliphatic carbocycles. The second kappa shape index (κ2) is 9.82. The third-order valence-corrected chi connectivity index (χ3v) is 4.13. The van der Waals surface area contributed by atoms with Gasteiger partial charge in [0.2, 0.25) is 5.91 Å². The van der Waals surface area contributed by atoms with Gasteiger partial charge in [-0.2, -0.15) is 5.10 Å². The molecule has 2 heterocycles. The molecule has 0 radical (unpaired) electrons. The van der Waals surface area contributed by atoms with E-state index in [-0.39, 0.29) is 18.3 Å². The second-order valence-electron chi connectivity index (χ2n) is 5.77. The summed E-state index contributed by atoms with van der Waals surface area (Å²) in [5, 5.41) is 10.5. The summed E-state index contributed by atoms with van der Waals surface area (Å²) in [6, 6.07) is 1.82. The minimum Gasteiger partial charge on any atom is -0.383 e. The molecule has 2 rings (SSSR count). The van der Waals surface area contributed by atoms with Gasteiger partial charge in [-0.25, -0.2) is 0 Å². The van der Waals surface area contributed by atoms with Crippen molar-refractivity contribution >= 4 is 24.1 Å². The molecule has 1 aromatic heterocycles. The lowest BCUT2D eigenvalue weighted by atomic mass is 9.84. The first-order valence-electron chi connectivity index (χ1n) is 7.72. The fourth-order valence-electron chi connectivity index (χ4n) is 2.80. The lowest BCUT2D eigenvalue weighted by Gasteiger charge is -2.27. The van der Waals surface area contributed by atoms with Gasteiger partial charge in [0.15, 0.2) is 5.82 Å². The number of amides is 1. The number of carbonyl (C=O) groups is 1. The van der Waals surface area contributed by atoms with Crippen LogP contribution in [0, 0.1) is 11.8 Å². The SMILES string of the molecule is COCCn1ccc(NC(=O)CC(C)C2CCNCC2)n1.Cl. The van der Waals surface area contributed by atoms with E-state index >= 15 is 0 Å². The van der Waals surface area contributed by atoms with Crippen LogP contribution < -0.4 is 10.6 Å². The van der Waals surface area contributed by atoms with Gasteiger partial charge in [0.1, 0.15) is 0 Å². The number of piperidine rings is 1. The van der Waals surface area contributed by atoms with Crippen molar-refractivity contribution < 1.29 is 9.53 Å². The van der Waals surface area contributed by atoms with Gasteiger partial charge in [-0.1, -0.05) is 6.92 Å². The zero-order chi connectivity index (χ0) is 15.1. The number of nitrogens with one attached hydrogen (secondary N) is 2. The molecule has 1 saturated heterocycles. The summed E-state index contributed by atoms with van der Waals surface area (Å²) in [6.07, 6.45) is 4.75. The normalized spacial score (nSPS) is 16.8. The van der Waals surface area contributed by atoms with E-state index in [0.717, 1.165) is 13.1 Å². The van der Waals surface area contributed by atoms with Crippen LogP contribution in [-0.4, -0.2) is 42.5 Å². The number of halogens is 1. The number of hydrogen-bond acceptors (Lipinski definition) is 4. The highest BCUT2D eigenvalue weighted by Crippen LogP contribution is 2.24. The van der Waals surface area contributed by atoms with Gasteiger partial charge in [0.05, 0.1) is 13.2 Å². The van der Waals surface area contributed by atoms with E-state index in [1.165, 1.54) is 12.8 Å². The third kappa shape index (κ3) is 5.94. The quantitative estimate of drug-likeness (QED) is 0.801. The average Bonchev–Trinajstić information content (AvgIpc) is 2.93. The van der Waals surface area contributed by atoms with E-state index in [0.29, 0.717) is 37.2 Å². The first-order chi connectivity index (χ1) is 10.2. The molecular weight excluding hydrogens is 304 g/mol. The molecule has 1 unspecified atom stereocenters. The molecule has 0 spiro atoms. The summed E-state index contributed by atoms with van der Waals surface area (Å²) < 4.78 is 6.78. The van der Waals surface area contributed by atoms with Crippen LogP contribution in [0.3, 0.4) is 0 Å². The molecule has 126 valence electrons. The molecule has 1 amide bonds. The Labute approximate surface area is 138 Å². The molecule has 2 N–H and O–H groups in total. The number of aromatic nitrogens is 2. The first-order valence-corrected chi connectivity index (χ1v) is 7.72. The molecule has 7 heteroatoms. The fourth-order valence-corrected chi connectivity index (χ4v) is 2.80. The Bertz CT molecular complexity index is 447. The Morgan fingerprint density at radius 3 is 2.95 bits per heavy atom. The number of anilines is 1. The molecular formula is C15H27ClN4O2. The van der Waals surface area contributed by atoms with Crippen molar-refractivity contribution in [3.63, 3.8) is 0 Å². The van der Waals surface area contributed by atoms with E-state index in [1.807, 2.05) is 12.3 Å². The van der Waals surface area contributed by atoms with Crippen molar-refractivity contribution in [3.8, 4) is 0 Å². The Balaban J connectivity index is 0.00000242. The summed E-state index contributed by atoms with van der Waals surface area (Å²) >= 11 is 0. The van der Waals surface area contributed by atoms with E-state index in [1.54, 1.807) is 11.8 Å². The number of hydrogen-bond donors (Lipinski definition) is 2. The Kier molecular flexibility index (Phi) is 8.45. The van der Waals surface area contributed by atoms with Gasteiger partial charge < -0.3 is 15.4 Å². The number of rotatable bonds is 7. The van der Waals surface area contributed by atoms with Crippen molar-refractivity contribution in [1.29, 1.82) is 0 Å². The molecule has 1 aliphatic heterocycles. The van der Waals surface area contributed by atoms with Gasteiger partial charge in [0.25, 0.3) is 0 Å². The Hall–Kier alpha value is -1.11. The lowest BCUT2D eigenvalue weighted by molar-refractivity contribution is -0.117. The van der Waals surface area contributed by atoms with E-state index < -0.39 is 0 Å². The minimum absolute atomic E-state index is 0. The summed E-state index contributed by atoms with van der Waals surface area (Å²) in [7, 11) is 1.66. The predicted octanol–water partition coefficient (Wildman–Crippen LogP) is 1.92. The number of methoxy groups -OCH3 is 1. The predicted molar refractivity (Wildman–Crippen MR) is 89.4 cm³/mol. The van der Waals surface area contributed by atoms with Crippen LogP contribution in [0.1, 0.15) is 26.2 Å². The first kappa shape index (κ1) is 18.9. The second-order valence-corrected chi connectivity index (χ2v) is 5.77. The van der Waals surface area contributed by atoms with Crippen LogP contribution in [0.15, 0.2) is 12.3 Å². The topological polar surface area (TPSA) is 68.2 Å². The third-order valence-electron chi connectivity index (χ3n) is 4.13. The maximum atomic E-state index is 12.1. The van der Waals surface area contributed by atoms with Crippen molar-refractivity contribution in [1.82, 2.24) is 15.1 Å². The van der Waals surface area contributed by atoms with Crippen molar-refractivity contribution in [2.45, 2.75) is 32.7 Å². The van der Waals surface area contributed by atoms with E-state index in [4.69, 9.17) is 4.74 Å². The summed E-state index contributed by atoms with van der Waals surface area (Å²) in [6.45, 7) is 5.62. The smallest absolute Gasteiger partial charge is 0.225 e. The highest BCUT2D eigenvalue weighted by molar-refractivity contribution is 5.89. The zero-order valence-corrected chi connectivity index (χ0v) is 14.2. The van der Waals surface area contributed by atoms with Crippen LogP contribution >= 0.6 is 12.4 Å². The summed E-state index contributed by atoms with van der Waals surface area (Å²) in [5.74, 6) is 1.74. The Morgan fingerprint density at radius 2 is 2.27 bits per heavy atom. The van der Waals surface area contributed by atoms with E-state index in [2.05, 4.69) is 22.7 Å². The van der Waals surface area contributed by atoms with Crippen LogP contribution in [-0.2, 0) is 16.1 Å². The molecule has 0 saturated carbocycles. The van der Waals surface area contributed by atoms with Crippen molar-refractivity contribution in [3.05, 3.63) is 12.3 Å². The monoisotopic (exact) mass is 330 g/mol. The molecule has 0 aromatic carbocycles. The van der Waals surface area contributed by atoms with Crippen LogP contribution in [0.25, 0.3) is 0 Å². The number of carbonyl (C=O) groups excluding carboxylic acids is 1. The number of ether oxygens (including phenoxy) is 1. The summed E-state index contributed by atoms with van der Waals surface area (Å²) in [4.78, 5) is 12.1. The van der Waals surface area contributed by atoms with Gasteiger partial charge in [-0.15, -0.1) is 12.4 Å². The molecule has 0 bridgehead atoms.